The summed E-state index contributed by atoms with van der Waals surface area (Å²) < 4.78 is 12.7. The molecule has 0 saturated heterocycles. The molecule has 70 valence electrons. The van der Waals surface area contributed by atoms with Gasteiger partial charge in [-0.05, 0) is 17.7 Å². The minimum atomic E-state index is -0.805. The summed E-state index contributed by atoms with van der Waals surface area (Å²) in [7, 11) is 1.49. The zero-order chi connectivity index (χ0) is 9.84. The highest BCUT2D eigenvalue weighted by Gasteiger charge is 2.13. The third-order valence-electron chi connectivity index (χ3n) is 1.74. The minimum absolute atomic E-state index is 0.328. The summed E-state index contributed by atoms with van der Waals surface area (Å²) >= 11 is 0. The average Bonchev–Trinajstić information content (AvgIpc) is 2.15. The van der Waals surface area contributed by atoms with Crippen LogP contribution in [0.5, 0.6) is 0 Å². The number of likely N-dealkylation sites (N-methyl/N-ethyl adjacent to an activating group) is 1. The molecule has 1 rings (SSSR count). The van der Waals surface area contributed by atoms with E-state index in [1.165, 1.54) is 25.2 Å². The van der Waals surface area contributed by atoms with E-state index in [0.29, 0.717) is 5.56 Å². The van der Waals surface area contributed by atoms with E-state index in [-0.39, 0.29) is 5.91 Å². The zero-order valence-corrected chi connectivity index (χ0v) is 7.25. The Labute approximate surface area is 75.7 Å². The zero-order valence-electron chi connectivity index (χ0n) is 7.25. The van der Waals surface area contributed by atoms with E-state index in [1.807, 2.05) is 0 Å². The lowest BCUT2D eigenvalue weighted by Gasteiger charge is -2.09. The predicted molar refractivity (Wildman–Crippen MR) is 47.4 cm³/mol. The standard InChI is InChI=1S/C9H11FN2O/c1-12-9(13)8(11)6-3-2-4-7(10)5-6/h2-5,8H,11H2,1H3,(H,12,13)/t8-/m0/s1. The van der Waals surface area contributed by atoms with E-state index < -0.39 is 11.9 Å². The Bertz CT molecular complexity index is 314. The van der Waals surface area contributed by atoms with Gasteiger partial charge in [0.05, 0.1) is 0 Å². The Balaban J connectivity index is 2.88. The van der Waals surface area contributed by atoms with Crippen molar-refractivity contribution in [2.75, 3.05) is 7.05 Å². The topological polar surface area (TPSA) is 55.1 Å². The molecule has 1 aromatic carbocycles. The molecule has 0 spiro atoms. The SMILES string of the molecule is CNC(=O)[C@@H](N)c1cccc(F)c1. The van der Waals surface area contributed by atoms with Crippen molar-refractivity contribution in [1.82, 2.24) is 5.32 Å². The van der Waals surface area contributed by atoms with Gasteiger partial charge in [-0.25, -0.2) is 4.39 Å². The van der Waals surface area contributed by atoms with E-state index in [2.05, 4.69) is 5.32 Å². The molecule has 0 aliphatic carbocycles. The van der Waals surface area contributed by atoms with Crippen LogP contribution < -0.4 is 11.1 Å². The number of carbonyl (C=O) groups excluding carboxylic acids is 1. The lowest BCUT2D eigenvalue weighted by molar-refractivity contribution is -0.121. The number of hydrogen-bond acceptors (Lipinski definition) is 2. The molecule has 0 aromatic heterocycles. The van der Waals surface area contributed by atoms with Crippen LogP contribution in [0.25, 0.3) is 0 Å². The van der Waals surface area contributed by atoms with Gasteiger partial charge in [0.1, 0.15) is 11.9 Å². The molecule has 3 N–H and O–H groups in total. The molecule has 13 heavy (non-hydrogen) atoms. The molecule has 0 aliphatic rings. The van der Waals surface area contributed by atoms with Crippen LogP contribution in [0.15, 0.2) is 24.3 Å². The van der Waals surface area contributed by atoms with Crippen LogP contribution in [0.1, 0.15) is 11.6 Å². The molecule has 0 bridgehead atoms. The number of nitrogens with two attached hydrogens (primary N) is 1. The molecule has 0 fully saturated rings. The highest BCUT2D eigenvalue weighted by Crippen LogP contribution is 2.11. The first-order valence-corrected chi connectivity index (χ1v) is 3.88. The van der Waals surface area contributed by atoms with Crippen LogP contribution in [0, 0.1) is 5.82 Å². The monoisotopic (exact) mass is 182 g/mol. The van der Waals surface area contributed by atoms with Gasteiger partial charge in [-0.3, -0.25) is 4.79 Å². The van der Waals surface area contributed by atoms with Gasteiger partial charge in [0, 0.05) is 7.05 Å². The number of hydrogen-bond donors (Lipinski definition) is 2. The summed E-state index contributed by atoms with van der Waals surface area (Å²) in [5.41, 5.74) is 6.01. The van der Waals surface area contributed by atoms with Gasteiger partial charge >= 0.3 is 0 Å². The summed E-state index contributed by atoms with van der Waals surface area (Å²) in [6.07, 6.45) is 0. The fourth-order valence-corrected chi connectivity index (χ4v) is 1.01. The van der Waals surface area contributed by atoms with Crippen molar-refractivity contribution in [2.24, 2.45) is 5.73 Å². The third-order valence-corrected chi connectivity index (χ3v) is 1.74. The maximum absolute atomic E-state index is 12.7. The molecule has 3 nitrogen and oxygen atoms in total. The van der Waals surface area contributed by atoms with Crippen molar-refractivity contribution in [3.8, 4) is 0 Å². The summed E-state index contributed by atoms with van der Waals surface area (Å²) in [6.45, 7) is 0. The van der Waals surface area contributed by atoms with E-state index in [0.717, 1.165) is 0 Å². The fourth-order valence-electron chi connectivity index (χ4n) is 1.01. The van der Waals surface area contributed by atoms with Crippen LogP contribution in [-0.4, -0.2) is 13.0 Å². The van der Waals surface area contributed by atoms with Gasteiger partial charge in [-0.1, -0.05) is 12.1 Å². The first-order chi connectivity index (χ1) is 6.15. The Hall–Kier alpha value is -1.42. The van der Waals surface area contributed by atoms with Gasteiger partial charge in [-0.2, -0.15) is 0 Å². The van der Waals surface area contributed by atoms with Gasteiger partial charge in [0.15, 0.2) is 0 Å². The van der Waals surface area contributed by atoms with Crippen molar-refractivity contribution in [1.29, 1.82) is 0 Å². The quantitative estimate of drug-likeness (QED) is 0.702. The predicted octanol–water partition coefficient (Wildman–Crippen LogP) is 0.571. The van der Waals surface area contributed by atoms with Crippen LogP contribution >= 0.6 is 0 Å². The van der Waals surface area contributed by atoms with Crippen LogP contribution in [0.4, 0.5) is 4.39 Å². The summed E-state index contributed by atoms with van der Waals surface area (Å²) in [5.74, 6) is -0.720. The van der Waals surface area contributed by atoms with Crippen molar-refractivity contribution < 1.29 is 9.18 Å². The van der Waals surface area contributed by atoms with E-state index in [4.69, 9.17) is 5.73 Å². The van der Waals surface area contributed by atoms with Crippen molar-refractivity contribution in [3.05, 3.63) is 35.6 Å². The highest BCUT2D eigenvalue weighted by molar-refractivity contribution is 5.82. The highest BCUT2D eigenvalue weighted by atomic mass is 19.1. The average molecular weight is 182 g/mol. The minimum Gasteiger partial charge on any atom is -0.358 e. The Morgan fingerprint density at radius 3 is 2.85 bits per heavy atom. The number of carbonyl (C=O) groups is 1. The van der Waals surface area contributed by atoms with Crippen LogP contribution in [-0.2, 0) is 4.79 Å². The normalized spacial score (nSPS) is 12.2. The maximum atomic E-state index is 12.7. The molecule has 1 atom stereocenters. The number of amides is 1. The molecule has 1 amide bonds. The van der Waals surface area contributed by atoms with Crippen molar-refractivity contribution in [3.63, 3.8) is 0 Å². The summed E-state index contributed by atoms with van der Waals surface area (Å²) in [6, 6.07) is 4.89. The van der Waals surface area contributed by atoms with Gasteiger partial charge in [0.25, 0.3) is 0 Å². The smallest absolute Gasteiger partial charge is 0.241 e. The number of rotatable bonds is 2. The number of halogens is 1. The molecule has 0 saturated carbocycles. The molecule has 0 aliphatic heterocycles. The molecule has 0 heterocycles. The molecule has 1 aromatic rings. The van der Waals surface area contributed by atoms with Crippen LogP contribution in [0.3, 0.4) is 0 Å². The fraction of sp³-hybridized carbons (Fsp3) is 0.222. The van der Waals surface area contributed by atoms with E-state index >= 15 is 0 Å². The second kappa shape index (κ2) is 4.00. The Kier molecular flexibility index (Phi) is 2.97. The molecular weight excluding hydrogens is 171 g/mol. The first kappa shape index (κ1) is 9.67. The lowest BCUT2D eigenvalue weighted by Crippen LogP contribution is -2.31. The summed E-state index contributed by atoms with van der Waals surface area (Å²) in [4.78, 5) is 11.1. The number of nitrogens with one attached hydrogen (secondary N) is 1. The third kappa shape index (κ3) is 2.26. The lowest BCUT2D eigenvalue weighted by atomic mass is 10.1. The first-order valence-electron chi connectivity index (χ1n) is 3.88. The van der Waals surface area contributed by atoms with Gasteiger partial charge < -0.3 is 11.1 Å². The van der Waals surface area contributed by atoms with Crippen LogP contribution in [0.2, 0.25) is 0 Å². The maximum Gasteiger partial charge on any atom is 0.241 e. The molecule has 0 radical (unpaired) electrons. The van der Waals surface area contributed by atoms with E-state index in [1.54, 1.807) is 6.07 Å². The second-order valence-electron chi connectivity index (χ2n) is 2.65. The number of benzene rings is 1. The van der Waals surface area contributed by atoms with Gasteiger partial charge in [-0.15, -0.1) is 0 Å². The largest absolute Gasteiger partial charge is 0.358 e. The van der Waals surface area contributed by atoms with Crippen molar-refractivity contribution >= 4 is 5.91 Å². The van der Waals surface area contributed by atoms with E-state index in [9.17, 15) is 9.18 Å². The summed E-state index contributed by atoms with van der Waals surface area (Å²) in [5, 5.41) is 2.40. The van der Waals surface area contributed by atoms with Gasteiger partial charge in [0.2, 0.25) is 5.91 Å². The molecule has 4 heteroatoms. The molecular formula is C9H11FN2O. The Morgan fingerprint density at radius 1 is 1.62 bits per heavy atom. The Morgan fingerprint density at radius 2 is 2.31 bits per heavy atom. The second-order valence-corrected chi connectivity index (χ2v) is 2.65. The molecule has 0 unspecified atom stereocenters. The van der Waals surface area contributed by atoms with Crippen molar-refractivity contribution in [2.45, 2.75) is 6.04 Å².